The fraction of sp³-hybridized carbons (Fsp3) is 0.182. The predicted molar refractivity (Wildman–Crippen MR) is 103 cm³/mol. The van der Waals surface area contributed by atoms with Crippen LogP contribution in [0, 0.1) is 11.6 Å². The maximum atomic E-state index is 13.3. The number of hydrogen-bond acceptors (Lipinski definition) is 6. The average Bonchev–Trinajstić information content (AvgIpc) is 2.75. The fourth-order valence-corrected chi connectivity index (χ4v) is 3.93. The van der Waals surface area contributed by atoms with Crippen LogP contribution in [0.2, 0.25) is 0 Å². The lowest BCUT2D eigenvalue weighted by atomic mass is 9.90. The number of allylic oxidation sites excluding steroid dienone is 2. The van der Waals surface area contributed by atoms with Crippen LogP contribution < -0.4 is 9.80 Å². The molecule has 8 heteroatoms. The average molecular weight is 410 g/mol. The lowest BCUT2D eigenvalue weighted by Crippen LogP contribution is -2.42. The van der Waals surface area contributed by atoms with Crippen molar-refractivity contribution >= 4 is 23.3 Å². The first-order valence-electron chi connectivity index (χ1n) is 9.36. The molecule has 152 valence electrons. The fourth-order valence-electron chi connectivity index (χ4n) is 3.93. The van der Waals surface area contributed by atoms with Crippen LogP contribution in [0.25, 0.3) is 0 Å². The van der Waals surface area contributed by atoms with Gasteiger partial charge in [-0.1, -0.05) is 0 Å². The van der Waals surface area contributed by atoms with Crippen LogP contribution in [0.15, 0.2) is 71.1 Å². The summed E-state index contributed by atoms with van der Waals surface area (Å²) in [7, 11) is 0. The third-order valence-electron chi connectivity index (χ3n) is 5.46. The molecule has 0 saturated carbocycles. The monoisotopic (exact) mass is 410 g/mol. The summed E-state index contributed by atoms with van der Waals surface area (Å²) in [6.07, 6.45) is 0.349. The highest BCUT2D eigenvalue weighted by atomic mass is 19.1. The number of anilines is 2. The number of ether oxygens (including phenoxy) is 2. The summed E-state index contributed by atoms with van der Waals surface area (Å²) >= 11 is 0. The molecule has 1 aliphatic carbocycles. The van der Waals surface area contributed by atoms with Crippen molar-refractivity contribution in [3.05, 3.63) is 82.7 Å². The van der Waals surface area contributed by atoms with Gasteiger partial charge in [-0.25, -0.2) is 18.4 Å². The largest absolute Gasteiger partial charge is 0.440 e. The van der Waals surface area contributed by atoms with Crippen molar-refractivity contribution in [3.63, 3.8) is 0 Å². The summed E-state index contributed by atoms with van der Waals surface area (Å²) in [5.41, 5.74) is 3.45. The molecule has 0 fully saturated rings. The molecule has 0 radical (unpaired) electrons. The van der Waals surface area contributed by atoms with Gasteiger partial charge in [-0.05, 0) is 48.5 Å². The molecule has 0 unspecified atom stereocenters. The van der Waals surface area contributed by atoms with E-state index < -0.39 is 11.9 Å². The van der Waals surface area contributed by atoms with E-state index in [0.29, 0.717) is 33.9 Å². The Labute approximate surface area is 170 Å². The number of cyclic esters (lactones) is 2. The number of rotatable bonds is 2. The molecule has 0 aromatic heterocycles. The summed E-state index contributed by atoms with van der Waals surface area (Å²) < 4.78 is 37.3. The molecule has 0 saturated heterocycles. The van der Waals surface area contributed by atoms with Crippen LogP contribution in [0.3, 0.4) is 0 Å². The van der Waals surface area contributed by atoms with Gasteiger partial charge in [0.15, 0.2) is 13.5 Å². The van der Waals surface area contributed by atoms with E-state index in [1.54, 1.807) is 34.1 Å². The van der Waals surface area contributed by atoms with Gasteiger partial charge >= 0.3 is 11.9 Å². The van der Waals surface area contributed by atoms with Crippen molar-refractivity contribution in [3.8, 4) is 0 Å². The predicted octanol–water partition coefficient (Wildman–Crippen LogP) is 3.61. The van der Waals surface area contributed by atoms with E-state index in [2.05, 4.69) is 0 Å². The maximum absolute atomic E-state index is 13.3. The summed E-state index contributed by atoms with van der Waals surface area (Å²) in [5.74, 6) is -1.65. The van der Waals surface area contributed by atoms with Crippen LogP contribution in [0.4, 0.5) is 20.2 Å². The molecule has 0 atom stereocenters. The van der Waals surface area contributed by atoms with E-state index in [-0.39, 0.29) is 37.9 Å². The first-order valence-corrected chi connectivity index (χ1v) is 9.36. The molecule has 2 aliphatic heterocycles. The topological polar surface area (TPSA) is 59.1 Å². The number of carbonyl (C=O) groups is 2. The van der Waals surface area contributed by atoms with Crippen LogP contribution in [0.5, 0.6) is 0 Å². The van der Waals surface area contributed by atoms with E-state index in [1.165, 1.54) is 24.3 Å². The van der Waals surface area contributed by atoms with Crippen molar-refractivity contribution < 1.29 is 27.8 Å². The van der Waals surface area contributed by atoms with Gasteiger partial charge in [0.25, 0.3) is 0 Å². The number of esters is 2. The van der Waals surface area contributed by atoms with Gasteiger partial charge < -0.3 is 19.3 Å². The summed E-state index contributed by atoms with van der Waals surface area (Å²) in [5, 5.41) is 0. The highest BCUT2D eigenvalue weighted by molar-refractivity contribution is 5.98. The molecule has 5 rings (SSSR count). The first kappa shape index (κ1) is 18.4. The van der Waals surface area contributed by atoms with Crippen molar-refractivity contribution in [1.82, 2.24) is 0 Å². The van der Waals surface area contributed by atoms with E-state index in [9.17, 15) is 18.4 Å². The zero-order valence-electron chi connectivity index (χ0n) is 15.7. The molecular formula is C22H16F2N2O4. The van der Waals surface area contributed by atoms with Gasteiger partial charge in [0, 0.05) is 35.6 Å². The van der Waals surface area contributed by atoms with Crippen molar-refractivity contribution in [2.45, 2.75) is 12.8 Å². The Hall–Kier alpha value is -3.68. The minimum Gasteiger partial charge on any atom is -0.440 e. The number of nitrogens with zero attached hydrogens (tertiary/aromatic N) is 2. The lowest BCUT2D eigenvalue weighted by Gasteiger charge is -2.40. The Morgan fingerprint density at radius 3 is 1.37 bits per heavy atom. The van der Waals surface area contributed by atoms with Gasteiger partial charge in [0.1, 0.15) is 11.6 Å². The third kappa shape index (κ3) is 3.01. The molecule has 6 nitrogen and oxygen atoms in total. The van der Waals surface area contributed by atoms with Crippen LogP contribution >= 0.6 is 0 Å². The van der Waals surface area contributed by atoms with Gasteiger partial charge in [0.05, 0.1) is 11.1 Å². The minimum absolute atomic E-state index is 0.0252. The standard InChI is InChI=1S/C22H16F2N2O4/c23-13-1-5-15(6-2-13)25-11-29-21(27)17-10-20-18(9-19(17)25)22(28)30-12-26(20)16-7-3-14(24)4-8-16/h1-8H,9-12H2. The Balaban J connectivity index is 1.54. The molecule has 2 aromatic carbocycles. The zero-order chi connectivity index (χ0) is 20.8. The van der Waals surface area contributed by atoms with E-state index in [4.69, 9.17) is 9.47 Å². The summed E-state index contributed by atoms with van der Waals surface area (Å²) in [6.45, 7) is -0.0503. The molecule has 0 amide bonds. The van der Waals surface area contributed by atoms with E-state index in [0.717, 1.165) is 0 Å². The van der Waals surface area contributed by atoms with E-state index in [1.807, 2.05) is 0 Å². The molecule has 0 bridgehead atoms. The summed E-state index contributed by atoms with van der Waals surface area (Å²) in [6, 6.07) is 11.7. The number of benzene rings is 2. The molecule has 30 heavy (non-hydrogen) atoms. The van der Waals surface area contributed by atoms with Crippen molar-refractivity contribution in [2.24, 2.45) is 0 Å². The second kappa shape index (κ2) is 6.98. The second-order valence-electron chi connectivity index (χ2n) is 7.13. The molecular weight excluding hydrogens is 394 g/mol. The van der Waals surface area contributed by atoms with Gasteiger partial charge in [-0.2, -0.15) is 0 Å². The summed E-state index contributed by atoms with van der Waals surface area (Å²) in [4.78, 5) is 28.6. The smallest absolute Gasteiger partial charge is 0.337 e. The highest BCUT2D eigenvalue weighted by Crippen LogP contribution is 2.41. The third-order valence-corrected chi connectivity index (χ3v) is 5.46. The Bertz CT molecular complexity index is 1020. The van der Waals surface area contributed by atoms with Crippen molar-refractivity contribution in [1.29, 1.82) is 0 Å². The zero-order valence-corrected chi connectivity index (χ0v) is 15.7. The van der Waals surface area contributed by atoms with Crippen LogP contribution in [-0.2, 0) is 19.1 Å². The molecule has 2 heterocycles. The number of halogens is 2. The normalized spacial score (nSPS) is 18.7. The number of carbonyl (C=O) groups excluding carboxylic acids is 2. The van der Waals surface area contributed by atoms with E-state index >= 15 is 0 Å². The maximum Gasteiger partial charge on any atom is 0.337 e. The second-order valence-corrected chi connectivity index (χ2v) is 7.13. The Kier molecular flexibility index (Phi) is 4.27. The molecule has 0 N–H and O–H groups in total. The van der Waals surface area contributed by atoms with Gasteiger partial charge in [0.2, 0.25) is 0 Å². The minimum atomic E-state index is -0.451. The van der Waals surface area contributed by atoms with Crippen molar-refractivity contribution in [2.75, 3.05) is 23.3 Å². The molecule has 2 aromatic rings. The van der Waals surface area contributed by atoms with Crippen LogP contribution in [-0.4, -0.2) is 25.4 Å². The quantitative estimate of drug-likeness (QED) is 0.705. The number of hydrogen-bond donors (Lipinski definition) is 0. The lowest BCUT2D eigenvalue weighted by molar-refractivity contribution is -0.142. The SMILES string of the molecule is O=C1OCN(c2ccc(F)cc2)C2=C1CC1=C(C2)C(=O)OCN1c1ccc(F)cc1. The molecule has 0 spiro atoms. The molecule has 3 aliphatic rings. The Morgan fingerprint density at radius 1 is 0.633 bits per heavy atom. The highest BCUT2D eigenvalue weighted by Gasteiger charge is 2.39. The first-order chi connectivity index (χ1) is 14.5. The Morgan fingerprint density at radius 2 is 1.00 bits per heavy atom. The van der Waals surface area contributed by atoms with Gasteiger partial charge in [-0.3, -0.25) is 0 Å². The van der Waals surface area contributed by atoms with Crippen LogP contribution in [0.1, 0.15) is 12.8 Å². The van der Waals surface area contributed by atoms with Gasteiger partial charge in [-0.15, -0.1) is 0 Å².